The van der Waals surface area contributed by atoms with E-state index < -0.39 is 10.0 Å². The summed E-state index contributed by atoms with van der Waals surface area (Å²) in [7, 11) is -1.62. The first kappa shape index (κ1) is 14.2. The largest absolute Gasteiger partial charge is 0.309 e. The molecule has 0 atom stereocenters. The number of aryl methyl sites for hydroxylation is 1. The van der Waals surface area contributed by atoms with Gasteiger partial charge in [-0.2, -0.15) is 5.10 Å². The predicted molar refractivity (Wildman–Crippen MR) is 79.1 cm³/mol. The zero-order valence-corrected chi connectivity index (χ0v) is 12.7. The van der Waals surface area contributed by atoms with Gasteiger partial charge in [0.2, 0.25) is 10.0 Å². The van der Waals surface area contributed by atoms with Crippen molar-refractivity contribution >= 4 is 10.0 Å². The van der Waals surface area contributed by atoms with E-state index in [2.05, 4.69) is 15.1 Å². The number of benzene rings is 1. The molecule has 0 aliphatic carbocycles. The lowest BCUT2D eigenvalue weighted by atomic mass is 10.1. The molecule has 2 aromatic rings. The van der Waals surface area contributed by atoms with Gasteiger partial charge in [-0.15, -0.1) is 0 Å². The molecule has 112 valence electrons. The third kappa shape index (κ3) is 3.15. The Kier molecular flexibility index (Phi) is 3.79. The van der Waals surface area contributed by atoms with E-state index in [0.717, 1.165) is 24.3 Å². The Labute approximate surface area is 124 Å². The Morgan fingerprint density at radius 1 is 1.29 bits per heavy atom. The highest BCUT2D eigenvalue weighted by atomic mass is 32.2. The summed E-state index contributed by atoms with van der Waals surface area (Å²) in [5.41, 5.74) is 3.10. The highest BCUT2D eigenvalue weighted by Gasteiger charge is 2.17. The number of fused-ring (bicyclic) bond motifs is 1. The molecule has 1 aliphatic rings. The third-order valence-corrected chi connectivity index (χ3v) is 5.02. The average Bonchev–Trinajstić information content (AvgIpc) is 3.06. The van der Waals surface area contributed by atoms with Crippen LogP contribution in [0.1, 0.15) is 16.8 Å². The molecule has 0 saturated carbocycles. The molecule has 6 nitrogen and oxygen atoms in total. The molecule has 0 radical (unpaired) electrons. The van der Waals surface area contributed by atoms with Crippen LogP contribution in [0.3, 0.4) is 0 Å². The van der Waals surface area contributed by atoms with Crippen molar-refractivity contribution in [2.45, 2.75) is 24.4 Å². The zero-order chi connectivity index (χ0) is 14.9. The molecule has 0 bridgehead atoms. The zero-order valence-electron chi connectivity index (χ0n) is 11.8. The fourth-order valence-electron chi connectivity index (χ4n) is 2.43. The quantitative estimate of drug-likeness (QED) is 0.845. The number of rotatable bonds is 5. The number of sulfonamides is 1. The number of hydrogen-bond acceptors (Lipinski definition) is 4. The van der Waals surface area contributed by atoms with Crippen molar-refractivity contribution < 1.29 is 8.42 Å². The third-order valence-electron chi connectivity index (χ3n) is 3.56. The normalized spacial score (nSPS) is 14.3. The first-order valence-corrected chi connectivity index (χ1v) is 8.34. The molecule has 2 N–H and O–H groups in total. The molecule has 0 amide bonds. The van der Waals surface area contributed by atoms with Crippen molar-refractivity contribution in [1.29, 1.82) is 0 Å². The highest BCUT2D eigenvalue weighted by Crippen LogP contribution is 2.19. The molecule has 7 heteroatoms. The highest BCUT2D eigenvalue weighted by molar-refractivity contribution is 7.89. The topological polar surface area (TPSA) is 76.0 Å². The van der Waals surface area contributed by atoms with Crippen molar-refractivity contribution in [3.8, 4) is 0 Å². The van der Waals surface area contributed by atoms with Crippen LogP contribution in [-0.2, 0) is 36.6 Å². The van der Waals surface area contributed by atoms with Crippen LogP contribution in [0.15, 0.2) is 35.4 Å². The van der Waals surface area contributed by atoms with Crippen LogP contribution < -0.4 is 10.0 Å². The van der Waals surface area contributed by atoms with Crippen molar-refractivity contribution in [2.75, 3.05) is 6.54 Å². The van der Waals surface area contributed by atoms with Crippen LogP contribution in [0.5, 0.6) is 0 Å². The molecule has 21 heavy (non-hydrogen) atoms. The van der Waals surface area contributed by atoms with Crippen molar-refractivity contribution in [1.82, 2.24) is 19.8 Å². The van der Waals surface area contributed by atoms with Gasteiger partial charge in [0.15, 0.2) is 0 Å². The summed E-state index contributed by atoms with van der Waals surface area (Å²) in [6.45, 7) is 1.88. The minimum atomic E-state index is -3.46. The fraction of sp³-hybridized carbons (Fsp3) is 0.357. The molecule has 1 aromatic carbocycles. The summed E-state index contributed by atoms with van der Waals surface area (Å²) in [6.07, 6.45) is 2.42. The smallest absolute Gasteiger partial charge is 0.240 e. The Hall–Kier alpha value is -1.70. The Balaban J connectivity index is 1.66. The molecular formula is C14H18N4O2S. The molecule has 2 heterocycles. The maximum atomic E-state index is 12.3. The van der Waals surface area contributed by atoms with Crippen LogP contribution in [-0.4, -0.2) is 24.7 Å². The first-order chi connectivity index (χ1) is 10.0. The molecule has 0 spiro atoms. The lowest BCUT2D eigenvalue weighted by Gasteiger charge is -2.07. The van der Waals surface area contributed by atoms with Gasteiger partial charge in [-0.1, -0.05) is 6.07 Å². The van der Waals surface area contributed by atoms with Crippen LogP contribution in [0.4, 0.5) is 0 Å². The van der Waals surface area contributed by atoms with Gasteiger partial charge in [0.1, 0.15) is 0 Å². The summed E-state index contributed by atoms with van der Waals surface area (Å²) in [5, 5.41) is 7.43. The fourth-order valence-corrected chi connectivity index (χ4v) is 3.51. The predicted octanol–water partition coefficient (Wildman–Crippen LogP) is 0.544. The summed E-state index contributed by atoms with van der Waals surface area (Å²) >= 11 is 0. The van der Waals surface area contributed by atoms with E-state index in [1.54, 1.807) is 16.8 Å². The monoisotopic (exact) mass is 306 g/mol. The van der Waals surface area contributed by atoms with Crippen molar-refractivity contribution in [2.24, 2.45) is 7.05 Å². The van der Waals surface area contributed by atoms with Crippen LogP contribution in [0.2, 0.25) is 0 Å². The SMILES string of the molecule is Cn1ccc(CCNS(=O)(=O)c2ccc3c(c2)CNC3)n1. The molecule has 0 saturated heterocycles. The van der Waals surface area contributed by atoms with E-state index in [0.29, 0.717) is 17.9 Å². The van der Waals surface area contributed by atoms with Gasteiger partial charge in [-0.05, 0) is 29.3 Å². The minimum Gasteiger partial charge on any atom is -0.309 e. The summed E-state index contributed by atoms with van der Waals surface area (Å²) in [6, 6.07) is 7.17. The molecule has 1 aliphatic heterocycles. The number of aromatic nitrogens is 2. The summed E-state index contributed by atoms with van der Waals surface area (Å²) in [4.78, 5) is 0.325. The van der Waals surface area contributed by atoms with Gasteiger partial charge in [-0.3, -0.25) is 4.68 Å². The number of hydrogen-bond donors (Lipinski definition) is 2. The lowest BCUT2D eigenvalue weighted by molar-refractivity contribution is 0.581. The molecule has 0 unspecified atom stereocenters. The van der Waals surface area contributed by atoms with Crippen molar-refractivity contribution in [3.05, 3.63) is 47.3 Å². The van der Waals surface area contributed by atoms with Gasteiger partial charge in [-0.25, -0.2) is 13.1 Å². The van der Waals surface area contributed by atoms with Gasteiger partial charge < -0.3 is 5.32 Å². The Morgan fingerprint density at radius 2 is 2.10 bits per heavy atom. The first-order valence-electron chi connectivity index (χ1n) is 6.85. The standard InChI is InChI=1S/C14H18N4O2S/c1-18-7-5-13(17-18)4-6-16-21(19,20)14-3-2-11-9-15-10-12(11)8-14/h2-3,5,7-8,15-16H,4,6,9-10H2,1H3. The summed E-state index contributed by atoms with van der Waals surface area (Å²) in [5.74, 6) is 0. The number of nitrogens with zero attached hydrogens (tertiary/aromatic N) is 2. The maximum absolute atomic E-state index is 12.3. The molecule has 3 rings (SSSR count). The van der Waals surface area contributed by atoms with E-state index in [1.807, 2.05) is 25.4 Å². The summed E-state index contributed by atoms with van der Waals surface area (Å²) < 4.78 is 28.9. The molecule has 1 aromatic heterocycles. The van der Waals surface area contributed by atoms with Crippen LogP contribution >= 0.6 is 0 Å². The lowest BCUT2D eigenvalue weighted by Crippen LogP contribution is -2.26. The van der Waals surface area contributed by atoms with E-state index in [-0.39, 0.29) is 0 Å². The Morgan fingerprint density at radius 3 is 2.86 bits per heavy atom. The van der Waals surface area contributed by atoms with E-state index in [9.17, 15) is 8.42 Å². The van der Waals surface area contributed by atoms with E-state index in [1.165, 1.54) is 5.56 Å². The van der Waals surface area contributed by atoms with E-state index >= 15 is 0 Å². The maximum Gasteiger partial charge on any atom is 0.240 e. The van der Waals surface area contributed by atoms with Crippen molar-refractivity contribution in [3.63, 3.8) is 0 Å². The molecule has 0 fully saturated rings. The number of nitrogens with one attached hydrogen (secondary N) is 2. The van der Waals surface area contributed by atoms with E-state index in [4.69, 9.17) is 0 Å². The second-order valence-electron chi connectivity index (χ2n) is 5.16. The second kappa shape index (κ2) is 5.59. The van der Waals surface area contributed by atoms with Crippen LogP contribution in [0, 0.1) is 0 Å². The average molecular weight is 306 g/mol. The minimum absolute atomic E-state index is 0.325. The van der Waals surface area contributed by atoms with Gasteiger partial charge in [0.25, 0.3) is 0 Å². The van der Waals surface area contributed by atoms with Crippen LogP contribution in [0.25, 0.3) is 0 Å². The van der Waals surface area contributed by atoms with Gasteiger partial charge >= 0.3 is 0 Å². The Bertz CT molecular complexity index is 752. The van der Waals surface area contributed by atoms with Gasteiger partial charge in [0.05, 0.1) is 10.6 Å². The molecular weight excluding hydrogens is 288 g/mol. The second-order valence-corrected chi connectivity index (χ2v) is 6.93. The van der Waals surface area contributed by atoms with Gasteiger partial charge in [0, 0.05) is 39.3 Å².